The molecule has 0 bridgehead atoms. The zero-order valence-electron chi connectivity index (χ0n) is 6.53. The van der Waals surface area contributed by atoms with E-state index in [0.29, 0.717) is 12.2 Å². The highest BCUT2D eigenvalue weighted by atomic mass is 16.3. The molecule has 0 unspecified atom stereocenters. The Morgan fingerprint density at radius 3 is 2.92 bits per heavy atom. The van der Waals surface area contributed by atoms with Crippen LogP contribution in [-0.2, 0) is 13.0 Å². The van der Waals surface area contributed by atoms with Crippen LogP contribution in [0.5, 0.6) is 5.88 Å². The fourth-order valence-corrected chi connectivity index (χ4v) is 1.48. The van der Waals surface area contributed by atoms with Crippen LogP contribution < -0.4 is 5.69 Å². The van der Waals surface area contributed by atoms with Crippen molar-refractivity contribution in [1.29, 1.82) is 0 Å². The third-order valence-electron chi connectivity index (χ3n) is 2.09. The second-order valence-corrected chi connectivity index (χ2v) is 2.86. The molecular weight excluding hydrogens is 158 g/mol. The summed E-state index contributed by atoms with van der Waals surface area (Å²) in [7, 11) is 0. The van der Waals surface area contributed by atoms with Gasteiger partial charge in [-0.2, -0.15) is 0 Å². The standard InChI is InChI=1S/C7H9N3O2/c11-6-5-3-1-2-4-10(5)7(12)9-8-6/h11H,1-4H2. The molecule has 1 aliphatic heterocycles. The molecule has 1 N–H and O–H groups in total. The average Bonchev–Trinajstić information content (AvgIpc) is 2.12. The molecule has 64 valence electrons. The van der Waals surface area contributed by atoms with Crippen molar-refractivity contribution in [3.8, 4) is 5.88 Å². The van der Waals surface area contributed by atoms with Crippen LogP contribution in [0.25, 0.3) is 0 Å². The van der Waals surface area contributed by atoms with Gasteiger partial charge in [-0.3, -0.25) is 4.57 Å². The first-order valence-corrected chi connectivity index (χ1v) is 3.94. The van der Waals surface area contributed by atoms with Crippen molar-refractivity contribution >= 4 is 0 Å². The predicted octanol–water partition coefficient (Wildman–Crippen LogP) is -0.320. The van der Waals surface area contributed by atoms with E-state index in [0.717, 1.165) is 19.3 Å². The molecule has 0 saturated heterocycles. The Labute approximate surface area is 68.7 Å². The summed E-state index contributed by atoms with van der Waals surface area (Å²) in [6.07, 6.45) is 2.69. The van der Waals surface area contributed by atoms with Gasteiger partial charge < -0.3 is 5.11 Å². The Morgan fingerprint density at radius 2 is 2.17 bits per heavy atom. The molecule has 1 aliphatic rings. The van der Waals surface area contributed by atoms with E-state index < -0.39 is 0 Å². The highest BCUT2D eigenvalue weighted by Crippen LogP contribution is 2.17. The summed E-state index contributed by atoms with van der Waals surface area (Å²) < 4.78 is 1.49. The number of hydrogen-bond donors (Lipinski definition) is 1. The largest absolute Gasteiger partial charge is 0.491 e. The van der Waals surface area contributed by atoms with Gasteiger partial charge >= 0.3 is 5.69 Å². The molecule has 5 nitrogen and oxygen atoms in total. The van der Waals surface area contributed by atoms with Gasteiger partial charge in [-0.15, -0.1) is 5.10 Å². The number of aromatic hydroxyl groups is 1. The van der Waals surface area contributed by atoms with Gasteiger partial charge in [0.2, 0.25) is 0 Å². The molecule has 0 atom stereocenters. The summed E-state index contributed by atoms with van der Waals surface area (Å²) >= 11 is 0. The third-order valence-corrected chi connectivity index (χ3v) is 2.09. The van der Waals surface area contributed by atoms with E-state index in [1.54, 1.807) is 0 Å². The van der Waals surface area contributed by atoms with Crippen molar-refractivity contribution in [1.82, 2.24) is 14.8 Å². The van der Waals surface area contributed by atoms with Crippen molar-refractivity contribution in [3.63, 3.8) is 0 Å². The Balaban J connectivity index is 2.64. The molecule has 1 aromatic rings. The number of fused-ring (bicyclic) bond motifs is 1. The van der Waals surface area contributed by atoms with Crippen LogP contribution in [0.1, 0.15) is 18.5 Å². The zero-order valence-corrected chi connectivity index (χ0v) is 6.53. The number of aromatic nitrogens is 3. The summed E-state index contributed by atoms with van der Waals surface area (Å²) in [6, 6.07) is 0. The molecule has 2 rings (SSSR count). The van der Waals surface area contributed by atoms with Crippen LogP contribution >= 0.6 is 0 Å². The lowest BCUT2D eigenvalue weighted by atomic mass is 10.1. The summed E-state index contributed by atoms with van der Waals surface area (Å²) in [4.78, 5) is 11.1. The molecule has 0 amide bonds. The highest BCUT2D eigenvalue weighted by molar-refractivity contribution is 5.16. The molecule has 0 radical (unpaired) electrons. The normalized spacial score (nSPS) is 15.7. The molecular formula is C7H9N3O2. The second kappa shape index (κ2) is 2.58. The van der Waals surface area contributed by atoms with Crippen LogP contribution in [0.15, 0.2) is 4.79 Å². The van der Waals surface area contributed by atoms with E-state index in [-0.39, 0.29) is 11.6 Å². The lowest BCUT2D eigenvalue weighted by molar-refractivity contribution is 0.392. The molecule has 5 heteroatoms. The maximum absolute atomic E-state index is 11.1. The lowest BCUT2D eigenvalue weighted by Crippen LogP contribution is -2.29. The molecule has 0 aliphatic carbocycles. The topological polar surface area (TPSA) is 68.0 Å². The predicted molar refractivity (Wildman–Crippen MR) is 40.9 cm³/mol. The maximum atomic E-state index is 11.1. The van der Waals surface area contributed by atoms with Crippen LogP contribution in [0.4, 0.5) is 0 Å². The van der Waals surface area contributed by atoms with E-state index in [1.807, 2.05) is 0 Å². The molecule has 0 spiro atoms. The van der Waals surface area contributed by atoms with Crippen molar-refractivity contribution in [2.24, 2.45) is 0 Å². The highest BCUT2D eigenvalue weighted by Gasteiger charge is 2.15. The van der Waals surface area contributed by atoms with Gasteiger partial charge in [0.1, 0.15) is 0 Å². The van der Waals surface area contributed by atoms with E-state index in [4.69, 9.17) is 0 Å². The SMILES string of the molecule is O=c1nnc(O)c2n1CCCC2. The van der Waals surface area contributed by atoms with Crippen molar-refractivity contribution in [2.75, 3.05) is 0 Å². The Kier molecular flexibility index (Phi) is 1.56. The van der Waals surface area contributed by atoms with Crippen LogP contribution in [0, 0.1) is 0 Å². The summed E-state index contributed by atoms with van der Waals surface area (Å²) in [5, 5.41) is 15.9. The smallest absolute Gasteiger partial charge is 0.366 e. The van der Waals surface area contributed by atoms with E-state index in [2.05, 4.69) is 10.2 Å². The van der Waals surface area contributed by atoms with Gasteiger partial charge in [-0.25, -0.2) is 4.79 Å². The van der Waals surface area contributed by atoms with Gasteiger partial charge in [0.15, 0.2) is 0 Å². The first kappa shape index (κ1) is 7.27. The zero-order chi connectivity index (χ0) is 8.55. The number of nitrogens with zero attached hydrogens (tertiary/aromatic N) is 3. The average molecular weight is 167 g/mol. The van der Waals surface area contributed by atoms with E-state index in [1.165, 1.54) is 4.57 Å². The quantitative estimate of drug-likeness (QED) is 0.575. The number of rotatable bonds is 0. The van der Waals surface area contributed by atoms with Crippen molar-refractivity contribution in [2.45, 2.75) is 25.8 Å². The first-order valence-electron chi connectivity index (χ1n) is 3.94. The van der Waals surface area contributed by atoms with Crippen LogP contribution in [0.2, 0.25) is 0 Å². The van der Waals surface area contributed by atoms with Crippen molar-refractivity contribution in [3.05, 3.63) is 16.2 Å². The lowest BCUT2D eigenvalue weighted by Gasteiger charge is -2.16. The molecule has 0 aromatic carbocycles. The van der Waals surface area contributed by atoms with Gasteiger partial charge in [-0.05, 0) is 19.3 Å². The van der Waals surface area contributed by atoms with Gasteiger partial charge in [0.25, 0.3) is 5.88 Å². The molecule has 12 heavy (non-hydrogen) atoms. The first-order chi connectivity index (χ1) is 5.79. The summed E-state index contributed by atoms with van der Waals surface area (Å²) in [5.41, 5.74) is 0.267. The fraction of sp³-hybridized carbons (Fsp3) is 0.571. The monoisotopic (exact) mass is 167 g/mol. The summed E-state index contributed by atoms with van der Waals surface area (Å²) in [6.45, 7) is 0.650. The maximum Gasteiger partial charge on any atom is 0.366 e. The van der Waals surface area contributed by atoms with Crippen LogP contribution in [0.3, 0.4) is 0 Å². The minimum Gasteiger partial charge on any atom is -0.491 e. The van der Waals surface area contributed by atoms with Gasteiger partial charge in [0.05, 0.1) is 5.69 Å². The molecule has 0 saturated carbocycles. The van der Waals surface area contributed by atoms with E-state index in [9.17, 15) is 9.90 Å². The molecule has 0 fully saturated rings. The Bertz CT molecular complexity index is 358. The number of hydrogen-bond acceptors (Lipinski definition) is 4. The van der Waals surface area contributed by atoms with E-state index >= 15 is 0 Å². The Hall–Kier alpha value is -1.39. The van der Waals surface area contributed by atoms with Gasteiger partial charge in [0, 0.05) is 6.54 Å². The van der Waals surface area contributed by atoms with Crippen molar-refractivity contribution < 1.29 is 5.11 Å². The minimum absolute atomic E-state index is 0.102. The Morgan fingerprint density at radius 1 is 1.33 bits per heavy atom. The third kappa shape index (κ3) is 0.975. The second-order valence-electron chi connectivity index (χ2n) is 2.86. The summed E-state index contributed by atoms with van der Waals surface area (Å²) in [5.74, 6) is -0.102. The minimum atomic E-state index is -0.359. The molecule has 1 aromatic heterocycles. The fourth-order valence-electron chi connectivity index (χ4n) is 1.48. The van der Waals surface area contributed by atoms with Crippen LogP contribution in [-0.4, -0.2) is 19.9 Å². The molecule has 2 heterocycles. The van der Waals surface area contributed by atoms with Gasteiger partial charge in [-0.1, -0.05) is 5.10 Å².